The predicted molar refractivity (Wildman–Crippen MR) is 115 cm³/mol. The molecule has 26 heavy (non-hydrogen) atoms. The van der Waals surface area contributed by atoms with Gasteiger partial charge in [-0.15, -0.1) is 9.24 Å². The van der Waals surface area contributed by atoms with Gasteiger partial charge in [-0.05, 0) is 42.9 Å². The van der Waals surface area contributed by atoms with Crippen molar-refractivity contribution < 1.29 is 0 Å². The number of anilines is 1. The maximum Gasteiger partial charge on any atom is 0.213 e. The second kappa shape index (κ2) is 6.74. The summed E-state index contributed by atoms with van der Waals surface area (Å²) >= 11 is 0. The van der Waals surface area contributed by atoms with E-state index in [0.29, 0.717) is 0 Å². The summed E-state index contributed by atoms with van der Waals surface area (Å²) in [6, 6.07) is 15.1. The summed E-state index contributed by atoms with van der Waals surface area (Å²) in [4.78, 5) is 4.32. The number of hydrogen-bond donors (Lipinski definition) is 0. The van der Waals surface area contributed by atoms with Crippen molar-refractivity contribution in [2.75, 3.05) is 4.90 Å². The largest absolute Gasteiger partial charge is 0.332 e. The number of nitrogens with zero attached hydrogens (tertiary/aromatic N) is 2. The van der Waals surface area contributed by atoms with Crippen LogP contribution in [0.4, 0.5) is 5.69 Å². The first kappa shape index (κ1) is 19.0. The normalized spacial score (nSPS) is 16.9. The van der Waals surface area contributed by atoms with Crippen molar-refractivity contribution in [1.29, 1.82) is 0 Å². The van der Waals surface area contributed by atoms with Crippen molar-refractivity contribution in [1.82, 2.24) is 4.90 Å². The molecule has 0 saturated carbocycles. The molecule has 0 fully saturated rings. The molecule has 0 spiro atoms. The second-order valence-electron chi connectivity index (χ2n) is 8.27. The van der Waals surface area contributed by atoms with Gasteiger partial charge >= 0.3 is 0 Å². The first-order valence-corrected chi connectivity index (χ1v) is 9.68. The Morgan fingerprint density at radius 3 is 2.00 bits per heavy atom. The van der Waals surface area contributed by atoms with Crippen LogP contribution in [0.25, 0.3) is 0 Å². The van der Waals surface area contributed by atoms with Crippen LogP contribution in [-0.2, 0) is 5.28 Å². The molecule has 0 saturated heterocycles. The molecule has 1 heterocycles. The Bertz CT molecular complexity index is 797. The maximum absolute atomic E-state index is 3.59. The fraction of sp³-hybridized carbons (Fsp3) is 0.348. The third kappa shape index (κ3) is 3.16. The van der Waals surface area contributed by atoms with Gasteiger partial charge in [0.05, 0.1) is 5.28 Å². The van der Waals surface area contributed by atoms with E-state index >= 15 is 0 Å². The van der Waals surface area contributed by atoms with Crippen molar-refractivity contribution in [3.8, 4) is 0 Å². The van der Waals surface area contributed by atoms with Crippen LogP contribution >= 0.6 is 9.24 Å². The second-order valence-corrected chi connectivity index (χ2v) is 9.10. The number of rotatable bonds is 3. The monoisotopic (exact) mass is 364 g/mol. The van der Waals surface area contributed by atoms with Gasteiger partial charge in [0.1, 0.15) is 0 Å². The van der Waals surface area contributed by atoms with Crippen molar-refractivity contribution >= 4 is 14.9 Å². The Kier molecular flexibility index (Phi) is 4.92. The lowest BCUT2D eigenvalue weighted by molar-refractivity contribution is 0.141. The average Bonchev–Trinajstić information content (AvgIpc) is 3.02. The van der Waals surface area contributed by atoms with E-state index in [1.54, 1.807) is 0 Å². The van der Waals surface area contributed by atoms with Crippen LogP contribution in [0.15, 0.2) is 54.9 Å². The molecule has 2 unspecified atom stereocenters. The molecule has 2 radical (unpaired) electrons. The van der Waals surface area contributed by atoms with E-state index in [1.165, 1.54) is 27.9 Å². The first-order chi connectivity index (χ1) is 12.1. The molecule has 0 aromatic heterocycles. The maximum atomic E-state index is 3.59. The lowest BCUT2D eigenvalue weighted by Gasteiger charge is -2.48. The number of hydrogen-bond acceptors (Lipinski definition) is 2. The zero-order valence-electron chi connectivity index (χ0n) is 16.7. The zero-order valence-corrected chi connectivity index (χ0v) is 17.8. The molecule has 136 valence electrons. The topological polar surface area (TPSA) is 6.48 Å². The Labute approximate surface area is 161 Å². The summed E-state index contributed by atoms with van der Waals surface area (Å²) < 4.78 is 0. The average molecular weight is 364 g/mol. The number of benzene rings is 2. The SMILES string of the molecule is Cc1cc(C)c(N2[C]N(C(P)(c3ccccc3)C(C)(C)C)C=C2)c(C)c1. The fourth-order valence-corrected chi connectivity index (χ4v) is 4.15. The third-order valence-electron chi connectivity index (χ3n) is 5.19. The smallest absolute Gasteiger partial charge is 0.213 e. The van der Waals surface area contributed by atoms with Gasteiger partial charge in [0.15, 0.2) is 0 Å². The van der Waals surface area contributed by atoms with Crippen LogP contribution in [0.1, 0.15) is 43.0 Å². The van der Waals surface area contributed by atoms with E-state index in [-0.39, 0.29) is 10.7 Å². The Balaban J connectivity index is 1.98. The van der Waals surface area contributed by atoms with Gasteiger partial charge in [-0.3, -0.25) is 0 Å². The summed E-state index contributed by atoms with van der Waals surface area (Å²) in [5.41, 5.74) is 6.29. The van der Waals surface area contributed by atoms with Crippen LogP contribution in [0, 0.1) is 32.9 Å². The molecule has 3 heteroatoms. The molecule has 0 N–H and O–H groups in total. The highest BCUT2D eigenvalue weighted by Crippen LogP contribution is 2.52. The van der Waals surface area contributed by atoms with Crippen LogP contribution in [0.3, 0.4) is 0 Å². The quantitative estimate of drug-likeness (QED) is 0.619. The Hall–Kier alpha value is -1.79. The van der Waals surface area contributed by atoms with Crippen molar-refractivity contribution in [2.24, 2.45) is 5.41 Å². The summed E-state index contributed by atoms with van der Waals surface area (Å²) in [6.45, 7) is 16.9. The summed E-state index contributed by atoms with van der Waals surface area (Å²) in [6.07, 6.45) is 4.24. The minimum Gasteiger partial charge on any atom is -0.332 e. The number of aryl methyl sites for hydroxylation is 3. The van der Waals surface area contributed by atoms with Crippen LogP contribution in [-0.4, -0.2) is 4.90 Å². The minimum atomic E-state index is -0.286. The van der Waals surface area contributed by atoms with Gasteiger partial charge in [-0.1, -0.05) is 68.8 Å². The molecule has 2 nitrogen and oxygen atoms in total. The van der Waals surface area contributed by atoms with Gasteiger partial charge in [0.25, 0.3) is 0 Å². The van der Waals surface area contributed by atoms with Crippen molar-refractivity contribution in [3.05, 3.63) is 83.8 Å². The van der Waals surface area contributed by atoms with Crippen molar-refractivity contribution in [3.63, 3.8) is 0 Å². The van der Waals surface area contributed by atoms with E-state index in [1.807, 2.05) is 0 Å². The van der Waals surface area contributed by atoms with Crippen LogP contribution in [0.5, 0.6) is 0 Å². The van der Waals surface area contributed by atoms with E-state index < -0.39 is 0 Å². The van der Waals surface area contributed by atoms with Gasteiger partial charge in [-0.25, -0.2) is 0 Å². The molecule has 0 aliphatic carbocycles. The fourth-order valence-electron chi connectivity index (χ4n) is 3.82. The molecular weight excluding hydrogens is 335 g/mol. The molecule has 2 atom stereocenters. The standard InChI is InChI=1S/C23H29N2P/c1-17-14-18(2)21(19(3)15-17)24-12-13-25(16-24)23(26,22(4,5)6)20-10-8-7-9-11-20/h7-15H,26H2,1-6H3. The van der Waals surface area contributed by atoms with E-state index in [0.717, 1.165) is 0 Å². The molecule has 1 aliphatic heterocycles. The molecule has 3 rings (SSSR count). The highest BCUT2D eigenvalue weighted by molar-refractivity contribution is 7.18. The van der Waals surface area contributed by atoms with Crippen molar-refractivity contribution in [2.45, 2.75) is 46.8 Å². The van der Waals surface area contributed by atoms with Gasteiger partial charge < -0.3 is 9.80 Å². The third-order valence-corrected chi connectivity index (χ3v) is 6.67. The van der Waals surface area contributed by atoms with E-state index in [4.69, 9.17) is 0 Å². The van der Waals surface area contributed by atoms with Gasteiger partial charge in [-0.2, -0.15) is 0 Å². The van der Waals surface area contributed by atoms with Gasteiger partial charge in [0, 0.05) is 18.1 Å². The molecule has 2 aromatic rings. The first-order valence-electron chi connectivity index (χ1n) is 9.10. The van der Waals surface area contributed by atoms with E-state index in [9.17, 15) is 0 Å². The molecule has 0 amide bonds. The van der Waals surface area contributed by atoms with Crippen LogP contribution in [0.2, 0.25) is 0 Å². The minimum absolute atomic E-state index is 0.0102. The highest BCUT2D eigenvalue weighted by Gasteiger charge is 2.45. The predicted octanol–water partition coefficient (Wildman–Crippen LogP) is 5.98. The molecule has 0 bridgehead atoms. The Morgan fingerprint density at radius 2 is 1.46 bits per heavy atom. The molecule has 1 aliphatic rings. The van der Waals surface area contributed by atoms with E-state index in [2.05, 4.69) is 122 Å². The van der Waals surface area contributed by atoms with Gasteiger partial charge in [0.2, 0.25) is 6.67 Å². The molecule has 2 aromatic carbocycles. The van der Waals surface area contributed by atoms with Crippen LogP contribution < -0.4 is 4.90 Å². The summed E-state index contributed by atoms with van der Waals surface area (Å²) in [5.74, 6) is 0. The highest BCUT2D eigenvalue weighted by atomic mass is 31.0. The summed E-state index contributed by atoms with van der Waals surface area (Å²) in [7, 11) is 3.09. The zero-order chi connectivity index (χ0) is 19.1. The lowest BCUT2D eigenvalue weighted by atomic mass is 9.80. The lowest BCUT2D eigenvalue weighted by Crippen LogP contribution is -2.46. The molecular formula is C23H29N2P. The Morgan fingerprint density at radius 1 is 0.885 bits per heavy atom. The summed E-state index contributed by atoms with van der Waals surface area (Å²) in [5, 5.41) is -0.286.